The standard InChI is InChI=1S/C10H14ClN4O2/c1-10(2,15-17)5-6-12-9-7(14-16)3-4-8(11)13-9/h3-4,14H,5-6H2,1-2H3,(H,12,13)/q-1. The molecule has 0 aliphatic heterocycles. The Hall–Kier alpha value is -1.40. The largest absolute Gasteiger partial charge is 0.761 e. The summed E-state index contributed by atoms with van der Waals surface area (Å²) in [6.07, 6.45) is 0.531. The molecule has 94 valence electrons. The first-order valence-corrected chi connectivity index (χ1v) is 5.49. The monoisotopic (exact) mass is 257 g/mol. The molecule has 0 bridgehead atoms. The van der Waals surface area contributed by atoms with Gasteiger partial charge in [0.15, 0.2) is 0 Å². The number of hydrogen-bond donors (Lipinski definition) is 2. The van der Waals surface area contributed by atoms with Crippen LogP contribution in [0, 0.1) is 10.1 Å². The third-order valence-electron chi connectivity index (χ3n) is 2.25. The molecule has 0 aliphatic rings. The number of nitrogens with zero attached hydrogens (tertiary/aromatic N) is 2. The number of rotatable bonds is 6. The van der Waals surface area contributed by atoms with E-state index in [-0.39, 0.29) is 0 Å². The number of anilines is 2. The lowest BCUT2D eigenvalue weighted by molar-refractivity contribution is 0.489. The van der Waals surface area contributed by atoms with E-state index in [0.29, 0.717) is 29.6 Å². The fraction of sp³-hybridized carbons (Fsp3) is 0.500. The Balaban J connectivity index is 2.62. The van der Waals surface area contributed by atoms with Gasteiger partial charge in [0.05, 0.1) is 11.2 Å². The molecule has 0 saturated carbocycles. The van der Waals surface area contributed by atoms with Gasteiger partial charge in [0, 0.05) is 6.54 Å². The molecule has 0 aliphatic carbocycles. The molecule has 0 unspecified atom stereocenters. The number of halogens is 1. The Morgan fingerprint density at radius 2 is 2.24 bits per heavy atom. The van der Waals surface area contributed by atoms with Gasteiger partial charge >= 0.3 is 0 Å². The van der Waals surface area contributed by atoms with Crippen molar-refractivity contribution in [2.75, 3.05) is 17.3 Å². The molecule has 0 aromatic carbocycles. The predicted molar refractivity (Wildman–Crippen MR) is 69.2 cm³/mol. The van der Waals surface area contributed by atoms with Crippen LogP contribution in [0.2, 0.25) is 5.15 Å². The van der Waals surface area contributed by atoms with Crippen LogP contribution in [-0.2, 0) is 0 Å². The van der Waals surface area contributed by atoms with Gasteiger partial charge < -0.3 is 16.0 Å². The fourth-order valence-corrected chi connectivity index (χ4v) is 1.33. The lowest BCUT2D eigenvalue weighted by atomic mass is 10.0. The average Bonchev–Trinajstić information content (AvgIpc) is 2.29. The third kappa shape index (κ3) is 4.16. The molecule has 0 fully saturated rings. The molecule has 2 N–H and O–H groups in total. The highest BCUT2D eigenvalue weighted by atomic mass is 35.5. The molecule has 1 rings (SSSR count). The Morgan fingerprint density at radius 1 is 1.53 bits per heavy atom. The molecule has 0 saturated heterocycles. The zero-order valence-corrected chi connectivity index (χ0v) is 10.4. The van der Waals surface area contributed by atoms with Gasteiger partial charge in [0.25, 0.3) is 0 Å². The van der Waals surface area contributed by atoms with Gasteiger partial charge in [-0.15, -0.1) is 0 Å². The molecule has 7 heteroatoms. The maximum absolute atomic E-state index is 10.6. The SMILES string of the molecule is CC(C)(CCNc1nc(Cl)ccc1N[O-])N=O. The van der Waals surface area contributed by atoms with Crippen molar-refractivity contribution in [3.8, 4) is 0 Å². The summed E-state index contributed by atoms with van der Waals surface area (Å²) in [6, 6.07) is 3.05. The zero-order valence-electron chi connectivity index (χ0n) is 9.66. The summed E-state index contributed by atoms with van der Waals surface area (Å²) in [7, 11) is 0. The predicted octanol–water partition coefficient (Wildman–Crippen LogP) is 2.99. The van der Waals surface area contributed by atoms with Crippen LogP contribution in [0.25, 0.3) is 0 Å². The number of nitrogens with one attached hydrogen (secondary N) is 2. The van der Waals surface area contributed by atoms with E-state index in [1.807, 2.05) is 0 Å². The molecule has 0 amide bonds. The summed E-state index contributed by atoms with van der Waals surface area (Å²) in [5, 5.41) is 16.9. The molecular weight excluding hydrogens is 244 g/mol. The number of hydrogen-bond acceptors (Lipinski definition) is 6. The number of pyridine rings is 1. The highest BCUT2D eigenvalue weighted by molar-refractivity contribution is 6.29. The van der Waals surface area contributed by atoms with Crippen LogP contribution < -0.4 is 10.8 Å². The second-order valence-corrected chi connectivity index (χ2v) is 4.60. The van der Waals surface area contributed by atoms with Crippen molar-refractivity contribution in [1.82, 2.24) is 4.98 Å². The first-order valence-electron chi connectivity index (χ1n) is 5.11. The summed E-state index contributed by atoms with van der Waals surface area (Å²) in [4.78, 5) is 14.4. The average molecular weight is 258 g/mol. The van der Waals surface area contributed by atoms with E-state index in [1.165, 1.54) is 12.1 Å². The topological polar surface area (TPSA) is 89.4 Å². The van der Waals surface area contributed by atoms with Crippen molar-refractivity contribution in [2.45, 2.75) is 25.8 Å². The summed E-state index contributed by atoms with van der Waals surface area (Å²) < 4.78 is 0. The Bertz CT molecular complexity index is 398. The van der Waals surface area contributed by atoms with Crippen molar-refractivity contribution in [2.24, 2.45) is 5.18 Å². The fourth-order valence-electron chi connectivity index (χ4n) is 1.18. The van der Waals surface area contributed by atoms with Gasteiger partial charge in [0.2, 0.25) is 0 Å². The lowest BCUT2D eigenvalue weighted by Gasteiger charge is -2.18. The molecule has 0 radical (unpaired) electrons. The van der Waals surface area contributed by atoms with Gasteiger partial charge in [-0.25, -0.2) is 4.98 Å². The summed E-state index contributed by atoms with van der Waals surface area (Å²) in [5.74, 6) is 0.370. The number of aromatic nitrogens is 1. The zero-order chi connectivity index (χ0) is 12.9. The minimum atomic E-state index is -0.642. The van der Waals surface area contributed by atoms with Gasteiger partial charge in [-0.3, -0.25) is 0 Å². The van der Waals surface area contributed by atoms with E-state index in [4.69, 9.17) is 11.6 Å². The number of nitroso groups, excluding NO2 is 1. The van der Waals surface area contributed by atoms with E-state index < -0.39 is 5.54 Å². The smallest absolute Gasteiger partial charge is 0.150 e. The Kier molecular flexibility index (Phi) is 4.65. The van der Waals surface area contributed by atoms with E-state index in [0.717, 1.165) is 0 Å². The maximum atomic E-state index is 10.6. The molecule has 6 nitrogen and oxygen atoms in total. The lowest BCUT2D eigenvalue weighted by Crippen LogP contribution is -2.21. The Labute approximate surface area is 104 Å². The molecule has 0 atom stereocenters. The first kappa shape index (κ1) is 13.7. The second-order valence-electron chi connectivity index (χ2n) is 4.21. The van der Waals surface area contributed by atoms with Crippen LogP contribution in [-0.4, -0.2) is 17.1 Å². The van der Waals surface area contributed by atoms with Crippen molar-refractivity contribution in [1.29, 1.82) is 0 Å². The van der Waals surface area contributed by atoms with Crippen LogP contribution >= 0.6 is 11.6 Å². The van der Waals surface area contributed by atoms with E-state index in [2.05, 4.69) is 15.5 Å². The van der Waals surface area contributed by atoms with Crippen LogP contribution in [0.3, 0.4) is 0 Å². The van der Waals surface area contributed by atoms with E-state index in [1.54, 1.807) is 19.3 Å². The van der Waals surface area contributed by atoms with Crippen LogP contribution in [0.15, 0.2) is 17.3 Å². The maximum Gasteiger partial charge on any atom is 0.150 e. The van der Waals surface area contributed by atoms with Crippen molar-refractivity contribution < 1.29 is 0 Å². The minimum absolute atomic E-state index is 0.291. The molecule has 0 spiro atoms. The van der Waals surface area contributed by atoms with Crippen molar-refractivity contribution in [3.05, 3.63) is 27.4 Å². The molecule has 1 heterocycles. The Morgan fingerprint density at radius 3 is 2.82 bits per heavy atom. The van der Waals surface area contributed by atoms with Gasteiger partial charge in [-0.05, 0) is 32.4 Å². The van der Waals surface area contributed by atoms with Gasteiger partial charge in [-0.2, -0.15) is 4.91 Å². The molecule has 1 aromatic rings. The van der Waals surface area contributed by atoms with E-state index in [9.17, 15) is 10.1 Å². The highest BCUT2D eigenvalue weighted by Gasteiger charge is 2.17. The van der Waals surface area contributed by atoms with Crippen LogP contribution in [0.5, 0.6) is 0 Å². The molecule has 1 aromatic heterocycles. The normalized spacial score (nSPS) is 11.1. The summed E-state index contributed by atoms with van der Waals surface area (Å²) in [5.41, 5.74) is 1.43. The van der Waals surface area contributed by atoms with Crippen molar-refractivity contribution in [3.63, 3.8) is 0 Å². The van der Waals surface area contributed by atoms with Crippen molar-refractivity contribution >= 4 is 23.1 Å². The summed E-state index contributed by atoms with van der Waals surface area (Å²) in [6.45, 7) is 3.94. The summed E-state index contributed by atoms with van der Waals surface area (Å²) >= 11 is 5.72. The second kappa shape index (κ2) is 5.79. The van der Waals surface area contributed by atoms with Crippen LogP contribution in [0.1, 0.15) is 20.3 Å². The van der Waals surface area contributed by atoms with Gasteiger partial charge in [0.1, 0.15) is 11.0 Å². The van der Waals surface area contributed by atoms with E-state index >= 15 is 0 Å². The molecule has 17 heavy (non-hydrogen) atoms. The minimum Gasteiger partial charge on any atom is -0.761 e. The van der Waals surface area contributed by atoms with Gasteiger partial charge in [-0.1, -0.05) is 16.8 Å². The molecular formula is C10H14ClN4O2-. The van der Waals surface area contributed by atoms with Crippen LogP contribution in [0.4, 0.5) is 11.5 Å². The highest BCUT2D eigenvalue weighted by Crippen LogP contribution is 2.22. The third-order valence-corrected chi connectivity index (χ3v) is 2.46. The quantitative estimate of drug-likeness (QED) is 0.464. The first-order chi connectivity index (χ1) is 7.98.